The zero-order chi connectivity index (χ0) is 18.6. The monoisotopic (exact) mass is 343 g/mol. The number of aromatic nitrogens is 2. The quantitative estimate of drug-likeness (QED) is 0.871. The van der Waals surface area contributed by atoms with E-state index in [1.54, 1.807) is 37.1 Å². The van der Waals surface area contributed by atoms with Crippen LogP contribution >= 0.6 is 0 Å². The van der Waals surface area contributed by atoms with Crippen LogP contribution in [0.4, 0.5) is 4.79 Å². The number of hydrogen-bond acceptors (Lipinski definition) is 3. The summed E-state index contributed by atoms with van der Waals surface area (Å²) in [4.78, 5) is 25.6. The van der Waals surface area contributed by atoms with Gasteiger partial charge in [-0.05, 0) is 31.5 Å². The van der Waals surface area contributed by atoms with Crippen LogP contribution in [0.1, 0.15) is 40.1 Å². The summed E-state index contributed by atoms with van der Waals surface area (Å²) in [7, 11) is 5.29. The van der Waals surface area contributed by atoms with E-state index in [0.29, 0.717) is 12.1 Å². The van der Waals surface area contributed by atoms with Gasteiger partial charge in [0, 0.05) is 44.5 Å². The number of hydrogen-bond donors (Lipinski definition) is 2. The summed E-state index contributed by atoms with van der Waals surface area (Å²) in [5, 5.41) is 9.90. The Morgan fingerprint density at radius 1 is 1.32 bits per heavy atom. The van der Waals surface area contributed by atoms with Crippen LogP contribution < -0.4 is 10.6 Å². The van der Waals surface area contributed by atoms with Crippen LogP contribution in [0.25, 0.3) is 0 Å². The third-order valence-electron chi connectivity index (χ3n) is 4.12. The van der Waals surface area contributed by atoms with E-state index in [-0.39, 0.29) is 18.0 Å². The number of benzene rings is 1. The van der Waals surface area contributed by atoms with Crippen LogP contribution in [-0.2, 0) is 13.6 Å². The van der Waals surface area contributed by atoms with Crippen molar-refractivity contribution >= 4 is 11.9 Å². The van der Waals surface area contributed by atoms with Crippen LogP contribution in [0.2, 0.25) is 0 Å². The van der Waals surface area contributed by atoms with Gasteiger partial charge < -0.3 is 15.5 Å². The number of amides is 3. The Hall–Kier alpha value is -2.83. The number of urea groups is 1. The molecule has 0 saturated carbocycles. The van der Waals surface area contributed by atoms with Gasteiger partial charge >= 0.3 is 6.03 Å². The molecule has 0 bridgehead atoms. The smallest absolute Gasteiger partial charge is 0.315 e. The fourth-order valence-corrected chi connectivity index (χ4v) is 2.52. The molecule has 7 heteroatoms. The second kappa shape index (κ2) is 7.83. The van der Waals surface area contributed by atoms with Crippen molar-refractivity contribution in [3.05, 3.63) is 52.8 Å². The molecule has 2 aromatic rings. The molecule has 1 aromatic heterocycles. The normalized spacial score (nSPS) is 11.7. The number of carbonyl (C=O) groups is 2. The van der Waals surface area contributed by atoms with E-state index < -0.39 is 0 Å². The third-order valence-corrected chi connectivity index (χ3v) is 4.12. The van der Waals surface area contributed by atoms with E-state index in [0.717, 1.165) is 16.8 Å². The van der Waals surface area contributed by atoms with Crippen molar-refractivity contribution in [3.63, 3.8) is 0 Å². The SMILES string of the molecule is Cc1c([C@@H](C)NC(=O)NCc2cccc(C(=O)N(C)C)c2)cnn1C. The Morgan fingerprint density at radius 3 is 2.64 bits per heavy atom. The van der Waals surface area contributed by atoms with Gasteiger partial charge in [-0.3, -0.25) is 9.48 Å². The van der Waals surface area contributed by atoms with Crippen molar-refractivity contribution in [2.75, 3.05) is 14.1 Å². The van der Waals surface area contributed by atoms with Crippen molar-refractivity contribution in [2.24, 2.45) is 7.05 Å². The Labute approximate surface area is 148 Å². The zero-order valence-corrected chi connectivity index (χ0v) is 15.3. The molecule has 0 aliphatic rings. The molecule has 25 heavy (non-hydrogen) atoms. The first kappa shape index (κ1) is 18.5. The van der Waals surface area contributed by atoms with Gasteiger partial charge in [0.1, 0.15) is 0 Å². The third kappa shape index (κ3) is 4.59. The highest BCUT2D eigenvalue weighted by molar-refractivity contribution is 5.94. The molecule has 2 N–H and O–H groups in total. The van der Waals surface area contributed by atoms with Crippen LogP contribution in [0, 0.1) is 6.92 Å². The zero-order valence-electron chi connectivity index (χ0n) is 15.3. The molecule has 0 fully saturated rings. The molecule has 1 atom stereocenters. The van der Waals surface area contributed by atoms with Gasteiger partial charge in [-0.1, -0.05) is 12.1 Å². The molecule has 0 radical (unpaired) electrons. The number of carbonyl (C=O) groups excluding carboxylic acids is 2. The lowest BCUT2D eigenvalue weighted by atomic mass is 10.1. The summed E-state index contributed by atoms with van der Waals surface area (Å²) in [6.07, 6.45) is 1.76. The second-order valence-electron chi connectivity index (χ2n) is 6.26. The fraction of sp³-hybridized carbons (Fsp3) is 0.389. The first-order valence-electron chi connectivity index (χ1n) is 8.13. The Balaban J connectivity index is 1.93. The molecule has 0 saturated heterocycles. The molecule has 134 valence electrons. The lowest BCUT2D eigenvalue weighted by Crippen LogP contribution is -2.36. The molecule has 0 spiro atoms. The maximum atomic E-state index is 12.1. The summed E-state index contributed by atoms with van der Waals surface area (Å²) in [6.45, 7) is 4.23. The molecule has 0 aliphatic heterocycles. The molecule has 1 heterocycles. The van der Waals surface area contributed by atoms with E-state index in [4.69, 9.17) is 0 Å². The van der Waals surface area contributed by atoms with Gasteiger partial charge in [0.05, 0.1) is 12.2 Å². The molecule has 3 amide bonds. The summed E-state index contributed by atoms with van der Waals surface area (Å²) in [6, 6.07) is 6.83. The first-order chi connectivity index (χ1) is 11.8. The standard InChI is InChI=1S/C18H25N5O2/c1-12(16-11-20-23(5)13(16)2)21-18(25)19-10-14-7-6-8-15(9-14)17(24)22(3)4/h6-9,11-12H,10H2,1-5H3,(H2,19,21,25)/t12-/m1/s1. The first-order valence-corrected chi connectivity index (χ1v) is 8.13. The van der Waals surface area contributed by atoms with E-state index in [9.17, 15) is 9.59 Å². The minimum absolute atomic E-state index is 0.0630. The number of nitrogens with one attached hydrogen (secondary N) is 2. The molecular formula is C18H25N5O2. The van der Waals surface area contributed by atoms with Crippen molar-refractivity contribution < 1.29 is 9.59 Å². The van der Waals surface area contributed by atoms with Gasteiger partial charge in [-0.25, -0.2) is 4.79 Å². The number of nitrogens with zero attached hydrogens (tertiary/aromatic N) is 3. The highest BCUT2D eigenvalue weighted by Gasteiger charge is 2.14. The summed E-state index contributed by atoms with van der Waals surface area (Å²) in [5.41, 5.74) is 3.47. The average molecular weight is 343 g/mol. The lowest BCUT2D eigenvalue weighted by molar-refractivity contribution is 0.0827. The molecular weight excluding hydrogens is 318 g/mol. The van der Waals surface area contributed by atoms with Crippen LogP contribution in [-0.4, -0.2) is 40.7 Å². The minimum Gasteiger partial charge on any atom is -0.345 e. The van der Waals surface area contributed by atoms with Crippen LogP contribution in [0.5, 0.6) is 0 Å². The van der Waals surface area contributed by atoms with E-state index >= 15 is 0 Å². The number of aryl methyl sites for hydroxylation is 1. The highest BCUT2D eigenvalue weighted by Crippen LogP contribution is 2.15. The lowest BCUT2D eigenvalue weighted by Gasteiger charge is -2.15. The van der Waals surface area contributed by atoms with Gasteiger partial charge in [-0.15, -0.1) is 0 Å². The van der Waals surface area contributed by atoms with Crippen molar-refractivity contribution in [1.29, 1.82) is 0 Å². The van der Waals surface area contributed by atoms with Crippen molar-refractivity contribution in [1.82, 2.24) is 25.3 Å². The Kier molecular flexibility index (Phi) is 5.80. The van der Waals surface area contributed by atoms with Gasteiger partial charge in [0.15, 0.2) is 0 Å². The van der Waals surface area contributed by atoms with Gasteiger partial charge in [0.2, 0.25) is 0 Å². The highest BCUT2D eigenvalue weighted by atomic mass is 16.2. The Bertz CT molecular complexity index is 767. The average Bonchev–Trinajstić information content (AvgIpc) is 2.91. The largest absolute Gasteiger partial charge is 0.345 e. The molecule has 1 aromatic carbocycles. The van der Waals surface area contributed by atoms with E-state index in [1.807, 2.05) is 33.0 Å². The maximum Gasteiger partial charge on any atom is 0.315 e. The van der Waals surface area contributed by atoms with Crippen molar-refractivity contribution in [2.45, 2.75) is 26.4 Å². The predicted molar refractivity (Wildman–Crippen MR) is 96.2 cm³/mol. The molecule has 2 rings (SSSR count). The fourth-order valence-electron chi connectivity index (χ4n) is 2.52. The summed E-state index contributed by atoms with van der Waals surface area (Å²) in [5.74, 6) is -0.0630. The number of rotatable bonds is 5. The molecule has 0 unspecified atom stereocenters. The van der Waals surface area contributed by atoms with Crippen LogP contribution in [0.3, 0.4) is 0 Å². The van der Waals surface area contributed by atoms with Crippen molar-refractivity contribution in [3.8, 4) is 0 Å². The van der Waals surface area contributed by atoms with Gasteiger partial charge in [0.25, 0.3) is 5.91 Å². The summed E-state index contributed by atoms with van der Waals surface area (Å²) >= 11 is 0. The minimum atomic E-state index is -0.264. The molecule has 7 nitrogen and oxygen atoms in total. The molecule has 0 aliphatic carbocycles. The van der Waals surface area contributed by atoms with Crippen LogP contribution in [0.15, 0.2) is 30.5 Å². The summed E-state index contributed by atoms with van der Waals surface area (Å²) < 4.78 is 1.78. The van der Waals surface area contributed by atoms with Gasteiger partial charge in [-0.2, -0.15) is 5.10 Å². The predicted octanol–water partition coefficient (Wildman–Crippen LogP) is 1.99. The second-order valence-corrected chi connectivity index (χ2v) is 6.26. The maximum absolute atomic E-state index is 12.1. The topological polar surface area (TPSA) is 79.3 Å². The Morgan fingerprint density at radius 2 is 2.04 bits per heavy atom. The van der Waals surface area contributed by atoms with E-state index in [2.05, 4.69) is 15.7 Å². The van der Waals surface area contributed by atoms with E-state index in [1.165, 1.54) is 4.90 Å².